The van der Waals surface area contributed by atoms with Gasteiger partial charge in [0.1, 0.15) is 0 Å². The van der Waals surface area contributed by atoms with Crippen LogP contribution in [-0.4, -0.2) is 59.5 Å². The molecule has 1 aliphatic rings. The van der Waals surface area contributed by atoms with Gasteiger partial charge >= 0.3 is 5.97 Å². The Kier molecular flexibility index (Phi) is 4.74. The van der Waals surface area contributed by atoms with Crippen molar-refractivity contribution in [3.8, 4) is 0 Å². The van der Waals surface area contributed by atoms with Gasteiger partial charge in [-0.3, -0.25) is 4.79 Å². The Balaban J connectivity index is 2.00. The average molecular weight is 276 g/mol. The fraction of sp³-hybridized carbons (Fsp3) is 0.467. The molecule has 5 heteroatoms. The summed E-state index contributed by atoms with van der Waals surface area (Å²) in [5.41, 5.74) is 0.802. The van der Waals surface area contributed by atoms with Crippen molar-refractivity contribution in [3.63, 3.8) is 0 Å². The van der Waals surface area contributed by atoms with Crippen LogP contribution in [0, 0.1) is 0 Å². The van der Waals surface area contributed by atoms with Gasteiger partial charge in [-0.25, -0.2) is 4.79 Å². The van der Waals surface area contributed by atoms with Gasteiger partial charge in [-0.1, -0.05) is 25.1 Å². The van der Waals surface area contributed by atoms with Crippen LogP contribution in [-0.2, 0) is 11.2 Å². The largest absolute Gasteiger partial charge is 0.478 e. The number of carboxylic acids is 1. The molecule has 0 bridgehead atoms. The highest BCUT2D eigenvalue weighted by molar-refractivity contribution is 5.91. The first-order valence-corrected chi connectivity index (χ1v) is 6.93. The van der Waals surface area contributed by atoms with Gasteiger partial charge in [-0.05, 0) is 18.2 Å². The molecule has 20 heavy (non-hydrogen) atoms. The Morgan fingerprint density at radius 2 is 1.80 bits per heavy atom. The summed E-state index contributed by atoms with van der Waals surface area (Å²) in [6, 6.07) is 6.70. The van der Waals surface area contributed by atoms with Gasteiger partial charge in [-0.2, -0.15) is 0 Å². The van der Waals surface area contributed by atoms with Crippen LogP contribution < -0.4 is 0 Å². The number of piperazine rings is 1. The second-order valence-corrected chi connectivity index (χ2v) is 4.95. The zero-order valence-corrected chi connectivity index (χ0v) is 11.7. The van der Waals surface area contributed by atoms with Crippen LogP contribution in [0.25, 0.3) is 0 Å². The molecule has 1 aliphatic heterocycles. The lowest BCUT2D eigenvalue weighted by atomic mass is 10.0. The number of amides is 1. The van der Waals surface area contributed by atoms with Crippen LogP contribution in [0.1, 0.15) is 22.8 Å². The second-order valence-electron chi connectivity index (χ2n) is 4.95. The van der Waals surface area contributed by atoms with Crippen LogP contribution in [0.4, 0.5) is 0 Å². The number of carbonyl (C=O) groups is 2. The third kappa shape index (κ3) is 3.36. The lowest BCUT2D eigenvalue weighted by molar-refractivity contribution is -0.132. The summed E-state index contributed by atoms with van der Waals surface area (Å²) < 4.78 is 0. The molecule has 1 fully saturated rings. The van der Waals surface area contributed by atoms with Crippen molar-refractivity contribution in [2.24, 2.45) is 0 Å². The van der Waals surface area contributed by atoms with Gasteiger partial charge in [0.2, 0.25) is 5.91 Å². The predicted molar refractivity (Wildman–Crippen MR) is 75.8 cm³/mol. The van der Waals surface area contributed by atoms with Crippen molar-refractivity contribution in [2.45, 2.75) is 13.3 Å². The molecule has 0 unspecified atom stereocenters. The average Bonchev–Trinajstić information content (AvgIpc) is 2.47. The molecule has 2 rings (SSSR count). The first kappa shape index (κ1) is 14.5. The highest BCUT2D eigenvalue weighted by atomic mass is 16.4. The molecule has 0 aliphatic carbocycles. The van der Waals surface area contributed by atoms with Crippen molar-refractivity contribution in [1.29, 1.82) is 0 Å². The maximum atomic E-state index is 12.3. The monoisotopic (exact) mass is 276 g/mol. The molecular weight excluding hydrogens is 256 g/mol. The third-order valence-electron chi connectivity index (χ3n) is 3.76. The standard InChI is InChI=1S/C15H20N2O3/c1-2-16-7-9-17(10-8-16)14(18)11-12-5-3-4-6-13(12)15(19)20/h3-6H,2,7-11H2,1H3,(H,19,20). The number of nitrogens with zero attached hydrogens (tertiary/aromatic N) is 2. The number of hydrogen-bond donors (Lipinski definition) is 1. The Labute approximate surface area is 118 Å². The van der Waals surface area contributed by atoms with Gasteiger partial charge in [0.25, 0.3) is 0 Å². The zero-order valence-electron chi connectivity index (χ0n) is 11.7. The van der Waals surface area contributed by atoms with E-state index >= 15 is 0 Å². The molecule has 1 N–H and O–H groups in total. The molecule has 0 aromatic heterocycles. The smallest absolute Gasteiger partial charge is 0.335 e. The van der Waals surface area contributed by atoms with Crippen LogP contribution >= 0.6 is 0 Å². The van der Waals surface area contributed by atoms with E-state index in [1.54, 1.807) is 24.3 Å². The minimum Gasteiger partial charge on any atom is -0.478 e. The number of carboxylic acid groups (broad SMARTS) is 1. The summed E-state index contributed by atoms with van der Waals surface area (Å²) in [4.78, 5) is 27.5. The van der Waals surface area contributed by atoms with E-state index < -0.39 is 5.97 Å². The van der Waals surface area contributed by atoms with Gasteiger partial charge in [0, 0.05) is 26.2 Å². The topological polar surface area (TPSA) is 60.9 Å². The molecule has 1 aromatic carbocycles. The summed E-state index contributed by atoms with van der Waals surface area (Å²) >= 11 is 0. The molecule has 0 spiro atoms. The number of likely N-dealkylation sites (N-methyl/N-ethyl adjacent to an activating group) is 1. The van der Waals surface area contributed by atoms with Gasteiger partial charge < -0.3 is 14.9 Å². The summed E-state index contributed by atoms with van der Waals surface area (Å²) in [6.07, 6.45) is 0.161. The lowest BCUT2D eigenvalue weighted by Gasteiger charge is -2.34. The van der Waals surface area contributed by atoms with E-state index in [0.29, 0.717) is 5.56 Å². The summed E-state index contributed by atoms with van der Waals surface area (Å²) in [5.74, 6) is -0.973. The highest BCUT2D eigenvalue weighted by Gasteiger charge is 2.21. The molecule has 1 aromatic rings. The van der Waals surface area contributed by atoms with E-state index in [0.717, 1.165) is 32.7 Å². The van der Waals surface area contributed by atoms with Gasteiger partial charge in [0.05, 0.1) is 12.0 Å². The first-order chi connectivity index (χ1) is 9.61. The van der Waals surface area contributed by atoms with Crippen molar-refractivity contribution in [3.05, 3.63) is 35.4 Å². The molecule has 1 saturated heterocycles. The maximum absolute atomic E-state index is 12.3. The van der Waals surface area contributed by atoms with Crippen LogP contribution in [0.2, 0.25) is 0 Å². The molecule has 1 amide bonds. The molecule has 108 valence electrons. The molecule has 5 nitrogen and oxygen atoms in total. The number of rotatable bonds is 4. The SMILES string of the molecule is CCN1CCN(C(=O)Cc2ccccc2C(=O)O)CC1. The third-order valence-corrected chi connectivity index (χ3v) is 3.76. The molecule has 0 radical (unpaired) electrons. The second kappa shape index (κ2) is 6.52. The summed E-state index contributed by atoms with van der Waals surface area (Å²) in [6.45, 7) is 6.35. The van der Waals surface area contributed by atoms with Gasteiger partial charge in [-0.15, -0.1) is 0 Å². The Hall–Kier alpha value is -1.88. The molecular formula is C15H20N2O3. The predicted octanol–water partition coefficient (Wildman–Crippen LogP) is 1.09. The van der Waals surface area contributed by atoms with Crippen molar-refractivity contribution >= 4 is 11.9 Å². The normalized spacial score (nSPS) is 16.1. The number of aromatic carboxylic acids is 1. The summed E-state index contributed by atoms with van der Waals surface area (Å²) in [5, 5.41) is 9.12. The van der Waals surface area contributed by atoms with Crippen molar-refractivity contribution in [2.75, 3.05) is 32.7 Å². The lowest BCUT2D eigenvalue weighted by Crippen LogP contribution is -2.49. The minimum absolute atomic E-state index is 0.00875. The van der Waals surface area contributed by atoms with E-state index in [1.807, 2.05) is 4.90 Å². The molecule has 0 atom stereocenters. The van der Waals surface area contributed by atoms with Crippen LogP contribution in [0.3, 0.4) is 0 Å². The fourth-order valence-electron chi connectivity index (χ4n) is 2.47. The highest BCUT2D eigenvalue weighted by Crippen LogP contribution is 2.12. The Bertz CT molecular complexity index is 494. The number of carbonyl (C=O) groups excluding carboxylic acids is 1. The van der Waals surface area contributed by atoms with Crippen molar-refractivity contribution < 1.29 is 14.7 Å². The molecule has 0 saturated carbocycles. The summed E-state index contributed by atoms with van der Waals surface area (Å²) in [7, 11) is 0. The van der Waals surface area contributed by atoms with E-state index in [4.69, 9.17) is 5.11 Å². The van der Waals surface area contributed by atoms with E-state index in [-0.39, 0.29) is 17.9 Å². The Morgan fingerprint density at radius 3 is 2.40 bits per heavy atom. The Morgan fingerprint density at radius 1 is 1.15 bits per heavy atom. The van der Waals surface area contributed by atoms with Crippen LogP contribution in [0.5, 0.6) is 0 Å². The van der Waals surface area contributed by atoms with E-state index in [9.17, 15) is 9.59 Å². The number of hydrogen-bond acceptors (Lipinski definition) is 3. The number of benzene rings is 1. The first-order valence-electron chi connectivity index (χ1n) is 6.93. The quantitative estimate of drug-likeness (QED) is 0.894. The van der Waals surface area contributed by atoms with Crippen molar-refractivity contribution in [1.82, 2.24) is 9.80 Å². The molecule has 1 heterocycles. The fourth-order valence-corrected chi connectivity index (χ4v) is 2.47. The minimum atomic E-state index is -0.982. The maximum Gasteiger partial charge on any atom is 0.335 e. The zero-order chi connectivity index (χ0) is 14.5. The van der Waals surface area contributed by atoms with Gasteiger partial charge in [0.15, 0.2) is 0 Å². The van der Waals surface area contributed by atoms with E-state index in [1.165, 1.54) is 0 Å². The van der Waals surface area contributed by atoms with E-state index in [2.05, 4.69) is 11.8 Å². The van der Waals surface area contributed by atoms with Crippen LogP contribution in [0.15, 0.2) is 24.3 Å².